The number of hydrogen-bond donors (Lipinski definition) is 1. The van der Waals surface area contributed by atoms with Crippen molar-refractivity contribution in [2.24, 2.45) is 5.10 Å². The number of rotatable bonds is 8. The van der Waals surface area contributed by atoms with Gasteiger partial charge < -0.3 is 0 Å². The van der Waals surface area contributed by atoms with E-state index in [1.165, 1.54) is 30.5 Å². The minimum Gasteiger partial charge on any atom is -0.271 e. The molecule has 0 spiro atoms. The van der Waals surface area contributed by atoms with Gasteiger partial charge in [-0.15, -0.1) is 0 Å². The predicted molar refractivity (Wildman–Crippen MR) is 121 cm³/mol. The van der Waals surface area contributed by atoms with E-state index < -0.39 is 38.0 Å². The molecular formula is C22H20N4O5S. The SMILES string of the molecule is Cc1ccc(/C=N\NC(=O)CN(c2ccccc2)S(=O)(=O)c2ccccc2[N+](=O)[O-])cc1. The van der Waals surface area contributed by atoms with Gasteiger partial charge >= 0.3 is 0 Å². The van der Waals surface area contributed by atoms with Crippen LogP contribution in [0.15, 0.2) is 88.9 Å². The molecule has 0 radical (unpaired) electrons. The molecule has 0 saturated carbocycles. The number of nitro benzene ring substituents is 1. The Morgan fingerprint density at radius 3 is 2.31 bits per heavy atom. The second-order valence-corrected chi connectivity index (χ2v) is 8.61. The van der Waals surface area contributed by atoms with Crippen LogP contribution in [0.1, 0.15) is 11.1 Å². The number of benzene rings is 3. The fourth-order valence-electron chi connectivity index (χ4n) is 2.85. The maximum atomic E-state index is 13.3. The Kier molecular flexibility index (Phi) is 6.96. The molecule has 10 heteroatoms. The third-order valence-electron chi connectivity index (χ3n) is 4.44. The molecule has 0 aromatic heterocycles. The van der Waals surface area contributed by atoms with Crippen molar-refractivity contribution in [1.82, 2.24) is 5.43 Å². The van der Waals surface area contributed by atoms with Crippen LogP contribution in [0.3, 0.4) is 0 Å². The van der Waals surface area contributed by atoms with Gasteiger partial charge in [0, 0.05) is 6.07 Å². The lowest BCUT2D eigenvalue weighted by molar-refractivity contribution is -0.387. The Bertz CT molecular complexity index is 1240. The van der Waals surface area contributed by atoms with Crippen molar-refractivity contribution in [3.63, 3.8) is 0 Å². The number of hydrogen-bond acceptors (Lipinski definition) is 6. The van der Waals surface area contributed by atoms with Crippen molar-refractivity contribution < 1.29 is 18.1 Å². The molecule has 0 fully saturated rings. The van der Waals surface area contributed by atoms with Gasteiger partial charge in [0.05, 0.1) is 16.8 Å². The van der Waals surface area contributed by atoms with Crippen LogP contribution in [-0.2, 0) is 14.8 Å². The van der Waals surface area contributed by atoms with Gasteiger partial charge in [0.25, 0.3) is 21.6 Å². The minimum atomic E-state index is -4.43. The first-order chi connectivity index (χ1) is 15.3. The van der Waals surface area contributed by atoms with Gasteiger partial charge in [0.2, 0.25) is 0 Å². The van der Waals surface area contributed by atoms with Crippen molar-refractivity contribution in [2.45, 2.75) is 11.8 Å². The zero-order chi connectivity index (χ0) is 23.1. The van der Waals surface area contributed by atoms with E-state index in [4.69, 9.17) is 0 Å². The number of aryl methyl sites for hydroxylation is 1. The molecule has 0 heterocycles. The van der Waals surface area contributed by atoms with Gasteiger partial charge in [0.15, 0.2) is 4.90 Å². The van der Waals surface area contributed by atoms with Gasteiger partial charge in [-0.1, -0.05) is 60.2 Å². The molecule has 164 valence electrons. The number of para-hydroxylation sites is 2. The number of sulfonamides is 1. The Labute approximate surface area is 185 Å². The van der Waals surface area contributed by atoms with Gasteiger partial charge in [-0.3, -0.25) is 19.2 Å². The molecule has 0 aliphatic carbocycles. The van der Waals surface area contributed by atoms with Crippen LogP contribution in [0.25, 0.3) is 0 Å². The van der Waals surface area contributed by atoms with Crippen LogP contribution in [0.4, 0.5) is 11.4 Å². The molecule has 9 nitrogen and oxygen atoms in total. The third-order valence-corrected chi connectivity index (χ3v) is 6.26. The third kappa shape index (κ3) is 5.35. The largest absolute Gasteiger partial charge is 0.289 e. The molecule has 1 N–H and O–H groups in total. The molecule has 0 unspecified atom stereocenters. The van der Waals surface area contributed by atoms with Crippen LogP contribution in [0.5, 0.6) is 0 Å². The summed E-state index contributed by atoms with van der Waals surface area (Å²) in [6, 6.07) is 20.3. The number of carbonyl (C=O) groups is 1. The molecule has 0 saturated heterocycles. The van der Waals surface area contributed by atoms with E-state index in [0.29, 0.717) is 0 Å². The van der Waals surface area contributed by atoms with E-state index in [0.717, 1.165) is 27.6 Å². The fourth-order valence-corrected chi connectivity index (χ4v) is 4.43. The molecule has 1 amide bonds. The van der Waals surface area contributed by atoms with E-state index in [9.17, 15) is 23.3 Å². The van der Waals surface area contributed by atoms with Crippen LogP contribution in [0.2, 0.25) is 0 Å². The number of nitrogens with one attached hydrogen (secondary N) is 1. The highest BCUT2D eigenvalue weighted by Gasteiger charge is 2.32. The molecule has 32 heavy (non-hydrogen) atoms. The van der Waals surface area contributed by atoms with Crippen molar-refractivity contribution in [2.75, 3.05) is 10.8 Å². The first-order valence-electron chi connectivity index (χ1n) is 9.49. The molecule has 3 aromatic carbocycles. The first-order valence-corrected chi connectivity index (χ1v) is 10.9. The Morgan fingerprint density at radius 2 is 1.66 bits per heavy atom. The summed E-state index contributed by atoms with van der Waals surface area (Å²) in [6.07, 6.45) is 1.43. The van der Waals surface area contributed by atoms with Gasteiger partial charge in [-0.25, -0.2) is 13.8 Å². The van der Waals surface area contributed by atoms with Crippen LogP contribution in [-0.4, -0.2) is 32.0 Å². The lowest BCUT2D eigenvalue weighted by atomic mass is 10.2. The number of nitro groups is 1. The monoisotopic (exact) mass is 452 g/mol. The molecule has 0 aliphatic rings. The number of amides is 1. The van der Waals surface area contributed by atoms with E-state index in [1.54, 1.807) is 18.2 Å². The van der Waals surface area contributed by atoms with Crippen molar-refractivity contribution >= 4 is 33.5 Å². The van der Waals surface area contributed by atoms with E-state index >= 15 is 0 Å². The lowest BCUT2D eigenvalue weighted by Crippen LogP contribution is -2.39. The normalized spacial score (nSPS) is 11.3. The summed E-state index contributed by atoms with van der Waals surface area (Å²) in [5, 5.41) is 15.2. The number of anilines is 1. The lowest BCUT2D eigenvalue weighted by Gasteiger charge is -2.23. The summed E-state index contributed by atoms with van der Waals surface area (Å²) in [6.45, 7) is 1.32. The molecule has 0 bridgehead atoms. The fraction of sp³-hybridized carbons (Fsp3) is 0.0909. The number of carbonyl (C=O) groups excluding carboxylic acids is 1. The average molecular weight is 452 g/mol. The highest BCUT2D eigenvalue weighted by molar-refractivity contribution is 7.93. The van der Waals surface area contributed by atoms with Gasteiger partial charge in [0.1, 0.15) is 6.54 Å². The van der Waals surface area contributed by atoms with E-state index in [1.807, 2.05) is 31.2 Å². The molecule has 3 aromatic rings. The average Bonchev–Trinajstić information content (AvgIpc) is 2.79. The Morgan fingerprint density at radius 1 is 1.03 bits per heavy atom. The van der Waals surface area contributed by atoms with Crippen LogP contribution >= 0.6 is 0 Å². The maximum Gasteiger partial charge on any atom is 0.289 e. The smallest absolute Gasteiger partial charge is 0.271 e. The summed E-state index contributed by atoms with van der Waals surface area (Å²) < 4.78 is 27.5. The zero-order valence-corrected chi connectivity index (χ0v) is 17.9. The standard InChI is InChI=1S/C22H20N4O5S/c1-17-11-13-18(14-12-17)15-23-24-22(27)16-25(19-7-3-2-4-8-19)32(30,31)21-10-6-5-9-20(21)26(28)29/h2-15H,16H2,1H3,(H,24,27)/b23-15-. The van der Waals surface area contributed by atoms with Crippen LogP contribution in [0, 0.1) is 17.0 Å². The second kappa shape index (κ2) is 9.84. The summed E-state index contributed by atoms with van der Waals surface area (Å²) >= 11 is 0. The topological polar surface area (TPSA) is 122 Å². The first kappa shape index (κ1) is 22.6. The summed E-state index contributed by atoms with van der Waals surface area (Å²) in [5.41, 5.74) is 3.73. The van der Waals surface area contributed by atoms with E-state index in [2.05, 4.69) is 10.5 Å². The Hall–Kier alpha value is -4.05. The van der Waals surface area contributed by atoms with E-state index in [-0.39, 0.29) is 5.69 Å². The van der Waals surface area contributed by atoms with Gasteiger partial charge in [-0.2, -0.15) is 5.10 Å². The predicted octanol–water partition coefficient (Wildman–Crippen LogP) is 3.25. The molecule has 3 rings (SSSR count). The highest BCUT2D eigenvalue weighted by Crippen LogP contribution is 2.29. The Balaban J connectivity index is 1.88. The number of hydrazone groups is 1. The number of nitrogens with zero attached hydrogens (tertiary/aromatic N) is 3. The van der Waals surface area contributed by atoms with Crippen molar-refractivity contribution in [3.05, 3.63) is 100 Å². The summed E-state index contributed by atoms with van der Waals surface area (Å²) in [7, 11) is -4.43. The summed E-state index contributed by atoms with van der Waals surface area (Å²) in [4.78, 5) is 22.6. The highest BCUT2D eigenvalue weighted by atomic mass is 32.2. The molecule has 0 atom stereocenters. The minimum absolute atomic E-state index is 0.184. The second-order valence-electron chi connectivity index (χ2n) is 6.78. The van der Waals surface area contributed by atoms with Crippen LogP contribution < -0.4 is 9.73 Å². The van der Waals surface area contributed by atoms with Crippen molar-refractivity contribution in [1.29, 1.82) is 0 Å². The van der Waals surface area contributed by atoms with Crippen molar-refractivity contribution in [3.8, 4) is 0 Å². The molecular weight excluding hydrogens is 432 g/mol. The quantitative estimate of drug-likeness (QED) is 0.319. The van der Waals surface area contributed by atoms with Gasteiger partial charge in [-0.05, 0) is 30.7 Å². The zero-order valence-electron chi connectivity index (χ0n) is 17.1. The molecule has 0 aliphatic heterocycles. The maximum absolute atomic E-state index is 13.3. The summed E-state index contributed by atoms with van der Waals surface area (Å²) in [5.74, 6) is -0.709.